The van der Waals surface area contributed by atoms with Gasteiger partial charge in [0.1, 0.15) is 5.75 Å². The standard InChI is InChI=1S/C14H19NOS/c1-2-3-9-17-10-8-16-13-4-5-14-12(11-13)6-7-15-14/h4-7,11,15H,2-3,8-10H2,1H3. The second-order valence-corrected chi connectivity index (χ2v) is 5.27. The highest BCUT2D eigenvalue weighted by atomic mass is 32.2. The molecular formula is C14H19NOS. The Morgan fingerprint density at radius 3 is 3.06 bits per heavy atom. The number of aromatic nitrogens is 1. The molecule has 0 aliphatic heterocycles. The summed E-state index contributed by atoms with van der Waals surface area (Å²) < 4.78 is 5.73. The molecule has 1 N–H and O–H groups in total. The van der Waals surface area contributed by atoms with E-state index in [4.69, 9.17) is 4.74 Å². The molecule has 0 unspecified atom stereocenters. The number of rotatable bonds is 7. The normalized spacial score (nSPS) is 10.9. The Labute approximate surface area is 107 Å². The Bertz CT molecular complexity index is 452. The van der Waals surface area contributed by atoms with Crippen LogP contribution >= 0.6 is 11.8 Å². The van der Waals surface area contributed by atoms with Crippen molar-refractivity contribution in [3.8, 4) is 5.75 Å². The highest BCUT2D eigenvalue weighted by Gasteiger charge is 1.98. The summed E-state index contributed by atoms with van der Waals surface area (Å²) in [6.07, 6.45) is 4.53. The monoisotopic (exact) mass is 249 g/mol. The average Bonchev–Trinajstić information content (AvgIpc) is 2.81. The van der Waals surface area contributed by atoms with Crippen molar-refractivity contribution in [3.63, 3.8) is 0 Å². The zero-order chi connectivity index (χ0) is 11.9. The minimum Gasteiger partial charge on any atom is -0.493 e. The number of aromatic amines is 1. The van der Waals surface area contributed by atoms with Crippen molar-refractivity contribution < 1.29 is 4.74 Å². The molecule has 0 aliphatic carbocycles. The van der Waals surface area contributed by atoms with Gasteiger partial charge in [0.25, 0.3) is 0 Å². The predicted molar refractivity (Wildman–Crippen MR) is 76.0 cm³/mol. The van der Waals surface area contributed by atoms with Crippen LogP contribution in [0.1, 0.15) is 19.8 Å². The van der Waals surface area contributed by atoms with Crippen LogP contribution in [0.4, 0.5) is 0 Å². The van der Waals surface area contributed by atoms with Gasteiger partial charge >= 0.3 is 0 Å². The van der Waals surface area contributed by atoms with Crippen molar-refractivity contribution in [2.45, 2.75) is 19.8 Å². The molecule has 0 fully saturated rings. The number of thioether (sulfide) groups is 1. The Morgan fingerprint density at radius 2 is 2.18 bits per heavy atom. The van der Waals surface area contributed by atoms with Crippen LogP contribution in [-0.2, 0) is 0 Å². The first-order chi connectivity index (χ1) is 8.40. The number of nitrogens with one attached hydrogen (secondary N) is 1. The van der Waals surface area contributed by atoms with Crippen LogP contribution in [0, 0.1) is 0 Å². The predicted octanol–water partition coefficient (Wildman–Crippen LogP) is 4.08. The van der Waals surface area contributed by atoms with Gasteiger partial charge in [0, 0.05) is 22.9 Å². The van der Waals surface area contributed by atoms with Crippen molar-refractivity contribution in [2.24, 2.45) is 0 Å². The molecule has 92 valence electrons. The fourth-order valence-corrected chi connectivity index (χ4v) is 2.59. The van der Waals surface area contributed by atoms with Crippen molar-refractivity contribution in [3.05, 3.63) is 30.5 Å². The molecule has 0 saturated heterocycles. The van der Waals surface area contributed by atoms with E-state index in [2.05, 4.69) is 30.1 Å². The van der Waals surface area contributed by atoms with Crippen molar-refractivity contribution in [2.75, 3.05) is 18.1 Å². The van der Waals surface area contributed by atoms with E-state index in [1.165, 1.54) is 24.0 Å². The highest BCUT2D eigenvalue weighted by molar-refractivity contribution is 7.99. The minimum atomic E-state index is 0.796. The van der Waals surface area contributed by atoms with E-state index >= 15 is 0 Å². The van der Waals surface area contributed by atoms with E-state index in [1.807, 2.05) is 24.0 Å². The van der Waals surface area contributed by atoms with Gasteiger partial charge in [-0.15, -0.1) is 0 Å². The van der Waals surface area contributed by atoms with Crippen LogP contribution in [0.25, 0.3) is 10.9 Å². The van der Waals surface area contributed by atoms with Crippen molar-refractivity contribution in [1.82, 2.24) is 4.98 Å². The molecule has 0 bridgehead atoms. The third-order valence-corrected chi connectivity index (χ3v) is 3.70. The Morgan fingerprint density at radius 1 is 1.24 bits per heavy atom. The van der Waals surface area contributed by atoms with Gasteiger partial charge in [-0.05, 0) is 36.4 Å². The van der Waals surface area contributed by atoms with E-state index < -0.39 is 0 Å². The fraction of sp³-hybridized carbons (Fsp3) is 0.429. The van der Waals surface area contributed by atoms with Crippen molar-refractivity contribution in [1.29, 1.82) is 0 Å². The number of hydrogen-bond donors (Lipinski definition) is 1. The summed E-state index contributed by atoms with van der Waals surface area (Å²) in [7, 11) is 0. The van der Waals surface area contributed by atoms with E-state index in [0.717, 1.165) is 23.6 Å². The highest BCUT2D eigenvalue weighted by Crippen LogP contribution is 2.19. The first-order valence-electron chi connectivity index (χ1n) is 6.18. The fourth-order valence-electron chi connectivity index (χ4n) is 1.69. The molecule has 0 amide bonds. The lowest BCUT2D eigenvalue weighted by atomic mass is 10.2. The molecular weight excluding hydrogens is 230 g/mol. The van der Waals surface area contributed by atoms with Gasteiger partial charge in [0.05, 0.1) is 6.61 Å². The number of hydrogen-bond acceptors (Lipinski definition) is 2. The SMILES string of the molecule is CCCCSCCOc1ccc2[nH]ccc2c1. The van der Waals surface area contributed by atoms with Gasteiger partial charge < -0.3 is 9.72 Å². The van der Waals surface area contributed by atoms with Gasteiger partial charge in [0.15, 0.2) is 0 Å². The lowest BCUT2D eigenvalue weighted by Crippen LogP contribution is -2.00. The summed E-state index contributed by atoms with van der Waals surface area (Å²) in [5.74, 6) is 3.29. The van der Waals surface area contributed by atoms with Crippen LogP contribution in [0.5, 0.6) is 5.75 Å². The summed E-state index contributed by atoms with van der Waals surface area (Å²) in [5, 5.41) is 1.21. The Balaban J connectivity index is 1.75. The molecule has 3 heteroatoms. The molecule has 0 aliphatic rings. The molecule has 0 spiro atoms. The summed E-state index contributed by atoms with van der Waals surface area (Å²) in [4.78, 5) is 3.18. The maximum absolute atomic E-state index is 5.73. The molecule has 1 heterocycles. The van der Waals surface area contributed by atoms with Crippen LogP contribution in [-0.4, -0.2) is 23.1 Å². The maximum Gasteiger partial charge on any atom is 0.120 e. The first kappa shape index (κ1) is 12.4. The summed E-state index contributed by atoms with van der Waals surface area (Å²) in [6.45, 7) is 3.02. The van der Waals surface area contributed by atoms with Gasteiger partial charge in [-0.1, -0.05) is 13.3 Å². The molecule has 2 aromatic rings. The molecule has 1 aromatic carbocycles. The third kappa shape index (κ3) is 3.70. The summed E-state index contributed by atoms with van der Waals surface area (Å²) in [6, 6.07) is 8.24. The number of ether oxygens (including phenoxy) is 1. The van der Waals surface area contributed by atoms with Gasteiger partial charge in [-0.25, -0.2) is 0 Å². The lowest BCUT2D eigenvalue weighted by Gasteiger charge is -2.06. The van der Waals surface area contributed by atoms with Gasteiger partial charge in [0.2, 0.25) is 0 Å². The zero-order valence-corrected chi connectivity index (χ0v) is 11.1. The van der Waals surface area contributed by atoms with E-state index in [0.29, 0.717) is 0 Å². The molecule has 0 radical (unpaired) electrons. The van der Waals surface area contributed by atoms with Crippen LogP contribution < -0.4 is 4.74 Å². The summed E-state index contributed by atoms with van der Waals surface area (Å²) >= 11 is 1.97. The number of fused-ring (bicyclic) bond motifs is 1. The van der Waals surface area contributed by atoms with Crippen LogP contribution in [0.2, 0.25) is 0 Å². The second kappa shape index (κ2) is 6.60. The van der Waals surface area contributed by atoms with Gasteiger partial charge in [-0.2, -0.15) is 11.8 Å². The Kier molecular flexibility index (Phi) is 4.80. The zero-order valence-electron chi connectivity index (χ0n) is 10.2. The van der Waals surface area contributed by atoms with E-state index in [-0.39, 0.29) is 0 Å². The van der Waals surface area contributed by atoms with Gasteiger partial charge in [-0.3, -0.25) is 0 Å². The van der Waals surface area contributed by atoms with E-state index in [1.54, 1.807) is 0 Å². The molecule has 2 nitrogen and oxygen atoms in total. The smallest absolute Gasteiger partial charge is 0.120 e. The van der Waals surface area contributed by atoms with Crippen LogP contribution in [0.15, 0.2) is 30.5 Å². The number of benzene rings is 1. The van der Waals surface area contributed by atoms with E-state index in [9.17, 15) is 0 Å². The maximum atomic E-state index is 5.73. The molecule has 17 heavy (non-hydrogen) atoms. The average molecular weight is 249 g/mol. The molecule has 1 aromatic heterocycles. The van der Waals surface area contributed by atoms with Crippen LogP contribution in [0.3, 0.4) is 0 Å². The largest absolute Gasteiger partial charge is 0.493 e. The second-order valence-electron chi connectivity index (χ2n) is 4.04. The molecule has 0 saturated carbocycles. The third-order valence-electron chi connectivity index (χ3n) is 2.66. The molecule has 0 atom stereocenters. The lowest BCUT2D eigenvalue weighted by molar-refractivity contribution is 0.344. The number of unbranched alkanes of at least 4 members (excludes halogenated alkanes) is 1. The Hall–Kier alpha value is -1.09. The first-order valence-corrected chi connectivity index (χ1v) is 7.33. The topological polar surface area (TPSA) is 25.0 Å². The molecule has 2 rings (SSSR count). The van der Waals surface area contributed by atoms with Crippen molar-refractivity contribution >= 4 is 22.7 Å². The number of H-pyrrole nitrogens is 1. The quantitative estimate of drug-likeness (QED) is 0.748. The minimum absolute atomic E-state index is 0.796. The summed E-state index contributed by atoms with van der Waals surface area (Å²) in [5.41, 5.74) is 1.16.